The van der Waals surface area contributed by atoms with Crippen molar-refractivity contribution in [3.8, 4) is 5.75 Å². The number of hydrogen-bond acceptors (Lipinski definition) is 13. The van der Waals surface area contributed by atoms with Crippen LogP contribution in [0, 0.1) is 11.2 Å². The second-order valence-electron chi connectivity index (χ2n) is 19.0. The highest BCUT2D eigenvalue weighted by atomic mass is 35.5. The number of ether oxygens (including phenoxy) is 2. The first-order valence-electron chi connectivity index (χ1n) is 22.9. The first-order chi connectivity index (χ1) is 31.8. The van der Waals surface area contributed by atoms with Crippen LogP contribution in [0.5, 0.6) is 5.75 Å². The van der Waals surface area contributed by atoms with E-state index in [1.54, 1.807) is 29.0 Å². The molecule has 2 aromatic heterocycles. The van der Waals surface area contributed by atoms with Gasteiger partial charge in [-0.15, -0.1) is 0 Å². The van der Waals surface area contributed by atoms with Crippen LogP contribution in [0.1, 0.15) is 80.8 Å². The van der Waals surface area contributed by atoms with E-state index in [1.165, 1.54) is 11.9 Å². The number of halogens is 2. The smallest absolute Gasteiger partial charge is 0.293 e. The molecule has 66 heavy (non-hydrogen) atoms. The quantitative estimate of drug-likeness (QED) is 0.169. The first kappa shape index (κ1) is 44.0. The molecule has 2 aromatic carbocycles. The second kappa shape index (κ2) is 17.4. The number of nitrogens with one attached hydrogen (secondary N) is 3. The van der Waals surface area contributed by atoms with Gasteiger partial charge in [-0.2, -0.15) is 4.98 Å². The number of aromatic nitrogens is 3. The summed E-state index contributed by atoms with van der Waals surface area (Å²) < 4.78 is 29.9. The Morgan fingerprint density at radius 1 is 1.00 bits per heavy atom. The predicted molar refractivity (Wildman–Crippen MR) is 245 cm³/mol. The summed E-state index contributed by atoms with van der Waals surface area (Å²) in [6.07, 6.45) is 7.07. The number of fused-ring (bicyclic) bond motifs is 2. The lowest BCUT2D eigenvalue weighted by Crippen LogP contribution is -2.64. The fourth-order valence-electron chi connectivity index (χ4n) is 10.7. The van der Waals surface area contributed by atoms with Gasteiger partial charge in [0.15, 0.2) is 24.0 Å². The lowest BCUT2D eigenvalue weighted by molar-refractivity contribution is -0.137. The van der Waals surface area contributed by atoms with Gasteiger partial charge in [0.05, 0.1) is 36.2 Å². The topological polar surface area (TPSA) is 184 Å². The highest BCUT2D eigenvalue weighted by Crippen LogP contribution is 2.46. The Kier molecular flexibility index (Phi) is 11.6. The number of anilines is 4. The fourth-order valence-corrected chi connectivity index (χ4v) is 10.8. The monoisotopic (exact) mass is 924 g/mol. The summed E-state index contributed by atoms with van der Waals surface area (Å²) >= 11 is 6.60. The average Bonchev–Trinajstić information content (AvgIpc) is 3.87. The van der Waals surface area contributed by atoms with E-state index in [1.807, 2.05) is 32.0 Å². The van der Waals surface area contributed by atoms with Gasteiger partial charge in [0.1, 0.15) is 11.1 Å². The number of likely N-dealkylation sites (tertiary alicyclic amines) is 1. The van der Waals surface area contributed by atoms with Crippen LogP contribution in [0.25, 0.3) is 10.9 Å². The zero-order valence-corrected chi connectivity index (χ0v) is 38.0. The number of imide groups is 1. The molecule has 0 radical (unpaired) electrons. The molecule has 19 heteroatoms. The molecule has 5 fully saturated rings. The summed E-state index contributed by atoms with van der Waals surface area (Å²) in [5.41, 5.74) is 2.37. The van der Waals surface area contributed by atoms with Crippen molar-refractivity contribution in [2.75, 3.05) is 68.0 Å². The first-order valence-corrected chi connectivity index (χ1v) is 23.3. The third kappa shape index (κ3) is 8.20. The summed E-state index contributed by atoms with van der Waals surface area (Å²) in [6.45, 7) is 8.54. The van der Waals surface area contributed by atoms with Crippen molar-refractivity contribution in [3.63, 3.8) is 0 Å². The maximum atomic E-state index is 16.1. The molecule has 3 N–H and O–H groups in total. The van der Waals surface area contributed by atoms with Crippen LogP contribution in [0.4, 0.5) is 27.5 Å². The fraction of sp³-hybridized carbons (Fsp3) is 0.511. The molecule has 4 aromatic rings. The number of carbonyl (C=O) groups is 4. The van der Waals surface area contributed by atoms with Crippen LogP contribution >= 0.6 is 11.6 Å². The Balaban J connectivity index is 0.690. The Bertz CT molecular complexity index is 2680. The number of hydrogen-bond donors (Lipinski definition) is 3. The highest BCUT2D eigenvalue weighted by molar-refractivity contribution is 6.33. The third-order valence-corrected chi connectivity index (χ3v) is 14.6. The molecule has 7 heterocycles. The molecule has 6 aliphatic rings. The summed E-state index contributed by atoms with van der Waals surface area (Å²) in [7, 11) is 1.51. The van der Waals surface area contributed by atoms with E-state index in [2.05, 4.69) is 35.6 Å². The Labute approximate surface area is 385 Å². The molecule has 4 amide bonds. The minimum Gasteiger partial charge on any atom is -0.478 e. The number of benzene rings is 2. The molecule has 1 atom stereocenters. The van der Waals surface area contributed by atoms with Crippen molar-refractivity contribution in [2.45, 2.75) is 95.7 Å². The predicted octanol–water partition coefficient (Wildman–Crippen LogP) is 4.52. The second-order valence-corrected chi connectivity index (χ2v) is 19.4. The lowest BCUT2D eigenvalue weighted by atomic mass is 9.74. The molecular formula is C47H54ClFN10O7. The van der Waals surface area contributed by atoms with Crippen molar-refractivity contribution in [1.82, 2.24) is 35.0 Å². The van der Waals surface area contributed by atoms with Crippen molar-refractivity contribution in [3.05, 3.63) is 74.9 Å². The zero-order valence-electron chi connectivity index (χ0n) is 37.3. The van der Waals surface area contributed by atoms with Crippen LogP contribution in [-0.4, -0.2) is 125 Å². The number of piperidine rings is 2. The van der Waals surface area contributed by atoms with E-state index in [9.17, 15) is 24.0 Å². The van der Waals surface area contributed by atoms with Gasteiger partial charge >= 0.3 is 0 Å². The van der Waals surface area contributed by atoms with Crippen molar-refractivity contribution >= 4 is 69.3 Å². The van der Waals surface area contributed by atoms with Gasteiger partial charge < -0.3 is 39.4 Å². The zero-order chi connectivity index (χ0) is 46.0. The summed E-state index contributed by atoms with van der Waals surface area (Å²) in [4.78, 5) is 80.0. The van der Waals surface area contributed by atoms with E-state index < -0.39 is 17.8 Å². The van der Waals surface area contributed by atoms with Gasteiger partial charge in [-0.05, 0) is 88.8 Å². The maximum Gasteiger partial charge on any atom is 0.293 e. The summed E-state index contributed by atoms with van der Waals surface area (Å²) in [6, 6.07) is 10.2. The van der Waals surface area contributed by atoms with E-state index in [0.717, 1.165) is 82.3 Å². The van der Waals surface area contributed by atoms with Gasteiger partial charge in [0, 0.05) is 92.4 Å². The highest BCUT2D eigenvalue weighted by Gasteiger charge is 2.52. The number of carbonyl (C=O) groups excluding carboxylic acids is 4. The molecule has 1 spiro atoms. The van der Waals surface area contributed by atoms with Crippen LogP contribution in [0.3, 0.4) is 0 Å². The Hall–Kier alpha value is -5.85. The van der Waals surface area contributed by atoms with Crippen LogP contribution in [0.2, 0.25) is 5.02 Å². The minimum atomic E-state index is -0.776. The number of likely N-dealkylation sites (N-methyl/N-ethyl adjacent to an activating group) is 1. The summed E-state index contributed by atoms with van der Waals surface area (Å²) in [5.74, 6) is -0.831. The molecular weight excluding hydrogens is 871 g/mol. The standard InChI is InChI=1S/C47H54ClFN10O7/c1-26(2)59-35-6-4-28(16-27(35)17-38(45(59)64)65-22-40(61)50-3)52-42-34(48)20-51-46(54-42)55-13-10-30(11-14-55)66-31-18-29(19-31)57-24-47(25-57)12-15-56(23-47)36-7-5-32-33(41(36)49)21-58(44(32)63)37-8-9-39(60)53-43(37)62/h4-7,16-17,20,26,29-31,37H,8-15,18-19,21-25H2,1-3H3,(H,50,61)(H,51,52,54)(H,53,60,62)/t29?,31?,37-/m1/s1. The van der Waals surface area contributed by atoms with E-state index in [-0.39, 0.29) is 78.7 Å². The van der Waals surface area contributed by atoms with Crippen LogP contribution in [-0.2, 0) is 25.7 Å². The molecule has 10 rings (SSSR count). The summed E-state index contributed by atoms with van der Waals surface area (Å²) in [5, 5.41) is 9.25. The third-order valence-electron chi connectivity index (χ3n) is 14.3. The van der Waals surface area contributed by atoms with Gasteiger partial charge in [-0.25, -0.2) is 9.37 Å². The van der Waals surface area contributed by atoms with Gasteiger partial charge in [0.25, 0.3) is 17.4 Å². The molecule has 1 saturated carbocycles. The van der Waals surface area contributed by atoms with Crippen molar-refractivity contribution < 1.29 is 33.0 Å². The van der Waals surface area contributed by atoms with Crippen LogP contribution < -0.4 is 36.0 Å². The molecule has 348 valence electrons. The Morgan fingerprint density at radius 2 is 1.79 bits per heavy atom. The molecule has 17 nitrogen and oxygen atoms in total. The molecule has 1 aliphatic carbocycles. The van der Waals surface area contributed by atoms with E-state index in [4.69, 9.17) is 26.1 Å². The normalized spacial score (nSPS) is 23.0. The number of nitrogens with zero attached hydrogens (tertiary/aromatic N) is 7. The SMILES string of the molecule is CNC(=O)COc1cc2cc(Nc3nc(N4CCC(OC5CC(N6CC7(CCN(c8ccc9c(c8F)CN([C@@H]8CCC(=O)NC8=O)C9=O)C7)C6)C5)CC4)ncc3Cl)ccc2n(C(C)C)c1=O. The van der Waals surface area contributed by atoms with Crippen molar-refractivity contribution in [2.24, 2.45) is 5.41 Å². The average molecular weight is 925 g/mol. The number of amides is 4. The minimum absolute atomic E-state index is 0.0234. The van der Waals surface area contributed by atoms with Gasteiger partial charge in [0.2, 0.25) is 17.8 Å². The largest absolute Gasteiger partial charge is 0.478 e. The van der Waals surface area contributed by atoms with Crippen molar-refractivity contribution in [1.29, 1.82) is 0 Å². The molecule has 4 saturated heterocycles. The number of rotatable bonds is 12. The Morgan fingerprint density at radius 3 is 2.53 bits per heavy atom. The van der Waals surface area contributed by atoms with Gasteiger partial charge in [-0.3, -0.25) is 34.2 Å². The van der Waals surface area contributed by atoms with E-state index >= 15 is 4.39 Å². The van der Waals surface area contributed by atoms with Crippen LogP contribution in [0.15, 0.2) is 47.4 Å². The molecule has 0 bridgehead atoms. The van der Waals surface area contributed by atoms with E-state index in [0.29, 0.717) is 45.3 Å². The molecule has 5 aliphatic heterocycles. The number of pyridine rings is 1. The van der Waals surface area contributed by atoms with Gasteiger partial charge in [-0.1, -0.05) is 11.6 Å². The maximum absolute atomic E-state index is 16.1. The lowest BCUT2D eigenvalue weighted by Gasteiger charge is -2.56. The molecule has 0 unspecified atom stereocenters.